The molecule has 0 aliphatic heterocycles. The number of nitrogens with zero attached hydrogens (tertiary/aromatic N) is 1. The molecule has 0 aliphatic rings. The third-order valence-electron chi connectivity index (χ3n) is 2.33. The molecular formula is C13H18FN3O2. The van der Waals surface area contributed by atoms with Crippen LogP contribution >= 0.6 is 0 Å². The summed E-state index contributed by atoms with van der Waals surface area (Å²) in [6, 6.07) is 2.46. The van der Waals surface area contributed by atoms with E-state index in [4.69, 9.17) is 0 Å². The van der Waals surface area contributed by atoms with Crippen molar-refractivity contribution >= 4 is 11.8 Å². The van der Waals surface area contributed by atoms with Gasteiger partial charge in [-0.25, -0.2) is 4.98 Å². The fourth-order valence-corrected chi connectivity index (χ4v) is 1.31. The smallest absolute Gasteiger partial charge is 0.252 e. The SMILES string of the molecule is CC(C)CNC(=O)CCNC(=O)c1ccc(F)nc1. The maximum absolute atomic E-state index is 12.6. The van der Waals surface area contributed by atoms with Gasteiger partial charge in [0.2, 0.25) is 11.9 Å². The fourth-order valence-electron chi connectivity index (χ4n) is 1.31. The van der Waals surface area contributed by atoms with Crippen LogP contribution in [0.4, 0.5) is 4.39 Å². The summed E-state index contributed by atoms with van der Waals surface area (Å²) in [7, 11) is 0. The first-order chi connectivity index (χ1) is 8.99. The molecule has 0 aromatic carbocycles. The molecule has 6 heteroatoms. The monoisotopic (exact) mass is 267 g/mol. The van der Waals surface area contributed by atoms with Gasteiger partial charge >= 0.3 is 0 Å². The molecule has 0 spiro atoms. The van der Waals surface area contributed by atoms with E-state index in [0.29, 0.717) is 12.5 Å². The van der Waals surface area contributed by atoms with Gasteiger partial charge in [0.15, 0.2) is 0 Å². The highest BCUT2D eigenvalue weighted by Crippen LogP contribution is 1.98. The lowest BCUT2D eigenvalue weighted by Crippen LogP contribution is -2.32. The second-order valence-electron chi connectivity index (χ2n) is 4.57. The number of carbonyl (C=O) groups excluding carboxylic acids is 2. The maximum Gasteiger partial charge on any atom is 0.252 e. The molecule has 0 aliphatic carbocycles. The van der Waals surface area contributed by atoms with E-state index in [1.165, 1.54) is 6.07 Å². The molecule has 2 amide bonds. The van der Waals surface area contributed by atoms with Crippen molar-refractivity contribution in [3.8, 4) is 0 Å². The molecule has 0 saturated carbocycles. The van der Waals surface area contributed by atoms with E-state index in [9.17, 15) is 14.0 Å². The second kappa shape index (κ2) is 7.45. The molecule has 0 unspecified atom stereocenters. The standard InChI is InChI=1S/C13H18FN3O2/c1-9(2)7-17-12(18)5-6-15-13(19)10-3-4-11(14)16-8-10/h3-4,8-9H,5-7H2,1-2H3,(H,15,19)(H,17,18). The third-order valence-corrected chi connectivity index (χ3v) is 2.33. The van der Waals surface area contributed by atoms with Crippen LogP contribution in [0.3, 0.4) is 0 Å². The van der Waals surface area contributed by atoms with Gasteiger partial charge in [0, 0.05) is 25.7 Å². The Bertz CT molecular complexity index is 432. The average Bonchev–Trinajstić information content (AvgIpc) is 2.37. The molecule has 1 aromatic heterocycles. The summed E-state index contributed by atoms with van der Waals surface area (Å²) in [5, 5.41) is 5.33. The summed E-state index contributed by atoms with van der Waals surface area (Å²) >= 11 is 0. The highest BCUT2D eigenvalue weighted by atomic mass is 19.1. The summed E-state index contributed by atoms with van der Waals surface area (Å²) in [5.74, 6) is -0.719. The van der Waals surface area contributed by atoms with Gasteiger partial charge in [-0.05, 0) is 18.1 Å². The van der Waals surface area contributed by atoms with E-state index in [0.717, 1.165) is 12.3 Å². The van der Waals surface area contributed by atoms with Gasteiger partial charge < -0.3 is 10.6 Å². The van der Waals surface area contributed by atoms with E-state index in [-0.39, 0.29) is 30.3 Å². The number of aromatic nitrogens is 1. The van der Waals surface area contributed by atoms with Crippen LogP contribution < -0.4 is 10.6 Å². The number of amides is 2. The Morgan fingerprint density at radius 2 is 2.05 bits per heavy atom. The van der Waals surface area contributed by atoms with Crippen LogP contribution in [0.2, 0.25) is 0 Å². The van der Waals surface area contributed by atoms with Crippen molar-refractivity contribution in [3.05, 3.63) is 29.8 Å². The van der Waals surface area contributed by atoms with Gasteiger partial charge in [-0.1, -0.05) is 13.8 Å². The van der Waals surface area contributed by atoms with Gasteiger partial charge in [-0.3, -0.25) is 9.59 Å². The molecule has 2 N–H and O–H groups in total. The summed E-state index contributed by atoms with van der Waals surface area (Å²) in [4.78, 5) is 26.4. The topological polar surface area (TPSA) is 71.1 Å². The first-order valence-corrected chi connectivity index (χ1v) is 6.15. The van der Waals surface area contributed by atoms with Gasteiger partial charge in [-0.2, -0.15) is 4.39 Å². The Labute approximate surface area is 111 Å². The van der Waals surface area contributed by atoms with Crippen LogP contribution in [-0.4, -0.2) is 29.9 Å². The third kappa shape index (κ3) is 5.94. The van der Waals surface area contributed by atoms with E-state index in [1.54, 1.807) is 0 Å². The molecule has 1 heterocycles. The quantitative estimate of drug-likeness (QED) is 0.759. The van der Waals surface area contributed by atoms with Crippen molar-refractivity contribution in [1.29, 1.82) is 0 Å². The Morgan fingerprint density at radius 1 is 1.32 bits per heavy atom. The fraction of sp³-hybridized carbons (Fsp3) is 0.462. The van der Waals surface area contributed by atoms with Gasteiger partial charge in [-0.15, -0.1) is 0 Å². The Balaban J connectivity index is 2.27. The second-order valence-corrected chi connectivity index (χ2v) is 4.57. The van der Waals surface area contributed by atoms with Crippen molar-refractivity contribution in [2.24, 2.45) is 5.92 Å². The number of carbonyl (C=O) groups is 2. The minimum atomic E-state index is -0.635. The van der Waals surface area contributed by atoms with Crippen molar-refractivity contribution < 1.29 is 14.0 Å². The number of rotatable bonds is 6. The Hall–Kier alpha value is -1.98. The molecule has 5 nitrogen and oxygen atoms in total. The summed E-state index contributed by atoms with van der Waals surface area (Å²) in [6.07, 6.45) is 1.37. The van der Waals surface area contributed by atoms with Crippen molar-refractivity contribution in [3.63, 3.8) is 0 Å². The lowest BCUT2D eigenvalue weighted by molar-refractivity contribution is -0.121. The number of nitrogens with one attached hydrogen (secondary N) is 2. The number of hydrogen-bond donors (Lipinski definition) is 2. The molecule has 104 valence electrons. The van der Waals surface area contributed by atoms with Gasteiger partial charge in [0.25, 0.3) is 5.91 Å². The molecule has 0 bridgehead atoms. The molecule has 1 rings (SSSR count). The van der Waals surface area contributed by atoms with E-state index >= 15 is 0 Å². The predicted octanol–water partition coefficient (Wildman–Crippen LogP) is 1.11. The van der Waals surface area contributed by atoms with Crippen LogP contribution in [-0.2, 0) is 4.79 Å². The van der Waals surface area contributed by atoms with E-state index in [2.05, 4.69) is 15.6 Å². The highest BCUT2D eigenvalue weighted by Gasteiger charge is 2.07. The molecule has 0 fully saturated rings. The average molecular weight is 267 g/mol. The number of pyridine rings is 1. The van der Waals surface area contributed by atoms with E-state index < -0.39 is 5.95 Å². The van der Waals surface area contributed by atoms with Gasteiger partial charge in [0.05, 0.1) is 5.56 Å². The van der Waals surface area contributed by atoms with Gasteiger partial charge in [0.1, 0.15) is 0 Å². The first-order valence-electron chi connectivity index (χ1n) is 6.15. The Kier molecular flexibility index (Phi) is 5.92. The lowest BCUT2D eigenvalue weighted by Gasteiger charge is -2.08. The molecule has 0 atom stereocenters. The summed E-state index contributed by atoms with van der Waals surface area (Å²) in [6.45, 7) is 4.86. The van der Waals surface area contributed by atoms with Crippen LogP contribution in [0.25, 0.3) is 0 Å². The molecule has 19 heavy (non-hydrogen) atoms. The van der Waals surface area contributed by atoms with E-state index in [1.807, 2.05) is 13.8 Å². The van der Waals surface area contributed by atoms with Crippen LogP contribution in [0.1, 0.15) is 30.6 Å². The van der Waals surface area contributed by atoms with Crippen LogP contribution in [0.5, 0.6) is 0 Å². The molecule has 0 radical (unpaired) electrons. The lowest BCUT2D eigenvalue weighted by atomic mass is 10.2. The first kappa shape index (κ1) is 15.1. The number of halogens is 1. The van der Waals surface area contributed by atoms with Crippen molar-refractivity contribution in [2.45, 2.75) is 20.3 Å². The summed E-state index contributed by atoms with van der Waals surface area (Å²) in [5.41, 5.74) is 0.268. The largest absolute Gasteiger partial charge is 0.356 e. The summed E-state index contributed by atoms with van der Waals surface area (Å²) < 4.78 is 12.6. The minimum Gasteiger partial charge on any atom is -0.356 e. The van der Waals surface area contributed by atoms with Crippen molar-refractivity contribution in [1.82, 2.24) is 15.6 Å². The highest BCUT2D eigenvalue weighted by molar-refractivity contribution is 5.94. The molecule has 1 aromatic rings. The molecule has 0 saturated heterocycles. The zero-order valence-electron chi connectivity index (χ0n) is 11.1. The minimum absolute atomic E-state index is 0.105. The zero-order valence-corrected chi connectivity index (χ0v) is 11.1. The number of hydrogen-bond acceptors (Lipinski definition) is 3. The normalized spacial score (nSPS) is 10.3. The zero-order chi connectivity index (χ0) is 14.3. The van der Waals surface area contributed by atoms with Crippen LogP contribution in [0, 0.1) is 11.9 Å². The Morgan fingerprint density at radius 3 is 2.63 bits per heavy atom. The van der Waals surface area contributed by atoms with Crippen LogP contribution in [0.15, 0.2) is 18.3 Å². The van der Waals surface area contributed by atoms with Crippen molar-refractivity contribution in [2.75, 3.05) is 13.1 Å². The molecular weight excluding hydrogens is 249 g/mol. The maximum atomic E-state index is 12.6. The predicted molar refractivity (Wildman–Crippen MR) is 69.0 cm³/mol.